The fourth-order valence-electron chi connectivity index (χ4n) is 2.91. The molecule has 1 heterocycles. The van der Waals surface area contributed by atoms with Crippen LogP contribution in [0.25, 0.3) is 0 Å². The third-order valence-corrected chi connectivity index (χ3v) is 4.13. The first-order valence-corrected chi connectivity index (χ1v) is 7.77. The second-order valence-electron chi connectivity index (χ2n) is 5.55. The molecule has 1 fully saturated rings. The van der Waals surface area contributed by atoms with E-state index in [1.54, 1.807) is 13.4 Å². The molecule has 0 radical (unpaired) electrons. The molecule has 0 aromatic carbocycles. The minimum absolute atomic E-state index is 0.274. The molecular formula is C15H26N4O2. The first kappa shape index (κ1) is 15.8. The number of hydrogen-bond donors (Lipinski definition) is 3. The Labute approximate surface area is 126 Å². The van der Waals surface area contributed by atoms with E-state index < -0.39 is 0 Å². The lowest BCUT2D eigenvalue weighted by molar-refractivity contribution is 0.199. The summed E-state index contributed by atoms with van der Waals surface area (Å²) in [5.74, 6) is 3.01. The number of hydrogen-bond acceptors (Lipinski definition) is 6. The summed E-state index contributed by atoms with van der Waals surface area (Å²) in [6, 6.07) is 0. The van der Waals surface area contributed by atoms with Crippen LogP contribution < -0.4 is 15.4 Å². The predicted molar refractivity (Wildman–Crippen MR) is 83.8 cm³/mol. The van der Waals surface area contributed by atoms with Crippen molar-refractivity contribution in [3.8, 4) is 5.75 Å². The SMILES string of the molecule is CCCNc1ncnc(NCC2CCCC2CO)c1OC. The summed E-state index contributed by atoms with van der Waals surface area (Å²) < 4.78 is 5.44. The molecule has 0 amide bonds. The van der Waals surface area contributed by atoms with E-state index >= 15 is 0 Å². The number of nitrogens with one attached hydrogen (secondary N) is 2. The number of ether oxygens (including phenoxy) is 1. The smallest absolute Gasteiger partial charge is 0.204 e. The highest BCUT2D eigenvalue weighted by Crippen LogP contribution is 2.33. The number of methoxy groups -OCH3 is 1. The van der Waals surface area contributed by atoms with Crippen molar-refractivity contribution in [1.82, 2.24) is 9.97 Å². The Kier molecular flexibility index (Phi) is 6.04. The lowest BCUT2D eigenvalue weighted by Gasteiger charge is -2.19. The molecular weight excluding hydrogens is 268 g/mol. The van der Waals surface area contributed by atoms with Crippen LogP contribution in [0.1, 0.15) is 32.6 Å². The van der Waals surface area contributed by atoms with E-state index in [0.717, 1.165) is 44.0 Å². The van der Waals surface area contributed by atoms with Crippen LogP contribution in [0.5, 0.6) is 5.75 Å². The Morgan fingerprint density at radius 1 is 1.24 bits per heavy atom. The zero-order chi connectivity index (χ0) is 15.1. The summed E-state index contributed by atoms with van der Waals surface area (Å²) in [6.07, 6.45) is 6.04. The van der Waals surface area contributed by atoms with E-state index in [-0.39, 0.29) is 6.61 Å². The lowest BCUT2D eigenvalue weighted by Crippen LogP contribution is -2.21. The standard InChI is InChI=1S/C15H26N4O2/c1-3-7-16-14-13(21-2)15(19-10-18-14)17-8-11-5-4-6-12(11)9-20/h10-12,20H,3-9H2,1-2H3,(H2,16,17,18,19). The van der Waals surface area contributed by atoms with Gasteiger partial charge in [-0.3, -0.25) is 0 Å². The normalized spacial score (nSPS) is 21.3. The molecule has 0 aliphatic heterocycles. The molecule has 21 heavy (non-hydrogen) atoms. The highest BCUT2D eigenvalue weighted by Gasteiger charge is 2.26. The Balaban J connectivity index is 2.01. The summed E-state index contributed by atoms with van der Waals surface area (Å²) in [5, 5.41) is 16.0. The van der Waals surface area contributed by atoms with Gasteiger partial charge >= 0.3 is 0 Å². The molecule has 1 aromatic heterocycles. The average molecular weight is 294 g/mol. The van der Waals surface area contributed by atoms with Crippen LogP contribution in [0.3, 0.4) is 0 Å². The quantitative estimate of drug-likeness (QED) is 0.681. The molecule has 118 valence electrons. The van der Waals surface area contributed by atoms with E-state index in [2.05, 4.69) is 27.5 Å². The molecule has 0 saturated heterocycles. The van der Waals surface area contributed by atoms with E-state index in [1.165, 1.54) is 6.42 Å². The van der Waals surface area contributed by atoms with Gasteiger partial charge < -0.3 is 20.5 Å². The molecule has 6 nitrogen and oxygen atoms in total. The van der Waals surface area contributed by atoms with Gasteiger partial charge in [-0.15, -0.1) is 0 Å². The largest absolute Gasteiger partial charge is 0.490 e. The van der Waals surface area contributed by atoms with Crippen molar-refractivity contribution in [3.63, 3.8) is 0 Å². The second kappa shape index (κ2) is 8.02. The fraction of sp³-hybridized carbons (Fsp3) is 0.733. The van der Waals surface area contributed by atoms with Gasteiger partial charge in [-0.2, -0.15) is 0 Å². The maximum atomic E-state index is 9.39. The number of aliphatic hydroxyl groups excluding tert-OH is 1. The van der Waals surface area contributed by atoms with Gasteiger partial charge in [0.15, 0.2) is 11.6 Å². The number of nitrogens with zero attached hydrogens (tertiary/aromatic N) is 2. The third kappa shape index (κ3) is 3.97. The molecule has 6 heteroatoms. The number of rotatable bonds is 8. The van der Waals surface area contributed by atoms with Crippen molar-refractivity contribution in [3.05, 3.63) is 6.33 Å². The molecule has 1 aromatic rings. The van der Waals surface area contributed by atoms with E-state index in [0.29, 0.717) is 17.6 Å². The minimum atomic E-state index is 0.274. The van der Waals surface area contributed by atoms with Crippen molar-refractivity contribution in [2.24, 2.45) is 11.8 Å². The van der Waals surface area contributed by atoms with Crippen molar-refractivity contribution < 1.29 is 9.84 Å². The maximum Gasteiger partial charge on any atom is 0.204 e. The summed E-state index contributed by atoms with van der Waals surface area (Å²) in [4.78, 5) is 8.51. The molecule has 0 spiro atoms. The van der Waals surface area contributed by atoms with Crippen molar-refractivity contribution in [2.45, 2.75) is 32.6 Å². The number of aliphatic hydroxyl groups is 1. The van der Waals surface area contributed by atoms with Crippen LogP contribution in [0.4, 0.5) is 11.6 Å². The molecule has 1 saturated carbocycles. The second-order valence-corrected chi connectivity index (χ2v) is 5.55. The zero-order valence-electron chi connectivity index (χ0n) is 12.9. The molecule has 1 aliphatic rings. The van der Waals surface area contributed by atoms with Gasteiger partial charge in [0.2, 0.25) is 5.75 Å². The number of anilines is 2. The van der Waals surface area contributed by atoms with Crippen LogP contribution in [0.2, 0.25) is 0 Å². The average Bonchev–Trinajstić information content (AvgIpc) is 2.98. The van der Waals surface area contributed by atoms with E-state index in [4.69, 9.17) is 4.74 Å². The zero-order valence-corrected chi connectivity index (χ0v) is 12.9. The molecule has 1 aliphatic carbocycles. The topological polar surface area (TPSA) is 79.3 Å². The molecule has 2 rings (SSSR count). The molecule has 0 bridgehead atoms. The van der Waals surface area contributed by atoms with Crippen LogP contribution in [-0.4, -0.2) is 41.9 Å². The summed E-state index contributed by atoms with van der Waals surface area (Å²) in [5.41, 5.74) is 0. The minimum Gasteiger partial charge on any atom is -0.490 e. The van der Waals surface area contributed by atoms with Gasteiger partial charge in [0, 0.05) is 19.7 Å². The Bertz CT molecular complexity index is 442. The third-order valence-electron chi connectivity index (χ3n) is 4.13. The molecule has 2 unspecified atom stereocenters. The van der Waals surface area contributed by atoms with Crippen molar-refractivity contribution >= 4 is 11.6 Å². The van der Waals surface area contributed by atoms with E-state index in [9.17, 15) is 5.11 Å². The van der Waals surface area contributed by atoms with Gasteiger partial charge in [0.25, 0.3) is 0 Å². The first-order valence-electron chi connectivity index (χ1n) is 7.77. The van der Waals surface area contributed by atoms with Crippen LogP contribution in [0.15, 0.2) is 6.33 Å². The molecule has 3 N–H and O–H groups in total. The Hall–Kier alpha value is -1.56. The predicted octanol–water partition coefficient (Wildman–Crippen LogP) is 2.13. The summed E-state index contributed by atoms with van der Waals surface area (Å²) in [6.45, 7) is 4.04. The van der Waals surface area contributed by atoms with Crippen LogP contribution >= 0.6 is 0 Å². The number of aromatic nitrogens is 2. The van der Waals surface area contributed by atoms with E-state index in [1.807, 2.05) is 0 Å². The van der Waals surface area contributed by atoms with Gasteiger partial charge in [0.1, 0.15) is 6.33 Å². The summed E-state index contributed by atoms with van der Waals surface area (Å²) >= 11 is 0. The van der Waals surface area contributed by atoms with Gasteiger partial charge in [0.05, 0.1) is 7.11 Å². The fourth-order valence-corrected chi connectivity index (χ4v) is 2.91. The highest BCUT2D eigenvalue weighted by atomic mass is 16.5. The van der Waals surface area contributed by atoms with Crippen molar-refractivity contribution in [2.75, 3.05) is 37.4 Å². The highest BCUT2D eigenvalue weighted by molar-refractivity contribution is 5.63. The van der Waals surface area contributed by atoms with Gasteiger partial charge in [-0.25, -0.2) is 9.97 Å². The first-order chi connectivity index (χ1) is 10.3. The lowest BCUT2D eigenvalue weighted by atomic mass is 9.97. The maximum absolute atomic E-state index is 9.39. The Morgan fingerprint density at radius 2 is 1.95 bits per heavy atom. The Morgan fingerprint density at radius 3 is 2.62 bits per heavy atom. The molecule has 2 atom stereocenters. The summed E-state index contributed by atoms with van der Waals surface area (Å²) in [7, 11) is 1.63. The van der Waals surface area contributed by atoms with Crippen LogP contribution in [0, 0.1) is 11.8 Å². The van der Waals surface area contributed by atoms with Gasteiger partial charge in [-0.05, 0) is 31.1 Å². The van der Waals surface area contributed by atoms with Crippen LogP contribution in [-0.2, 0) is 0 Å². The van der Waals surface area contributed by atoms with Crippen molar-refractivity contribution in [1.29, 1.82) is 0 Å². The monoisotopic (exact) mass is 294 g/mol. The van der Waals surface area contributed by atoms with Gasteiger partial charge in [-0.1, -0.05) is 13.3 Å².